The fourth-order valence-electron chi connectivity index (χ4n) is 1.73. The van der Waals surface area contributed by atoms with E-state index in [4.69, 9.17) is 9.84 Å². The zero-order valence-corrected chi connectivity index (χ0v) is 12.1. The molecule has 9 heteroatoms. The molecule has 0 aromatic carbocycles. The van der Waals surface area contributed by atoms with Crippen molar-refractivity contribution in [2.24, 2.45) is 0 Å². The molecule has 1 fully saturated rings. The summed E-state index contributed by atoms with van der Waals surface area (Å²) in [6, 6.07) is 1.17. The van der Waals surface area contributed by atoms with Crippen LogP contribution in [0.2, 0.25) is 0 Å². The van der Waals surface area contributed by atoms with Crippen LogP contribution < -0.4 is 11.2 Å². The molecule has 1 aliphatic heterocycles. The maximum absolute atomic E-state index is 11.7. The summed E-state index contributed by atoms with van der Waals surface area (Å²) in [6.45, 7) is -0.394. The Balaban J connectivity index is 2.45. The number of aliphatic hydroxyl groups is 2. The van der Waals surface area contributed by atoms with Gasteiger partial charge < -0.3 is 14.9 Å². The predicted octanol–water partition coefficient (Wildman–Crippen LogP) is -0.727. The first-order chi connectivity index (χ1) is 8.37. The minimum absolute atomic E-state index is 0.394. The van der Waals surface area contributed by atoms with Crippen molar-refractivity contribution in [2.75, 3.05) is 6.61 Å². The summed E-state index contributed by atoms with van der Waals surface area (Å²) in [5.41, 5.74) is -1.19. The van der Waals surface area contributed by atoms with E-state index < -0.39 is 39.5 Å². The van der Waals surface area contributed by atoms with Gasteiger partial charge in [-0.25, -0.2) is 4.79 Å². The number of nitrogens with one attached hydrogen (secondary N) is 1. The molecule has 0 spiro atoms. The van der Waals surface area contributed by atoms with Gasteiger partial charge in [-0.05, 0) is 0 Å². The van der Waals surface area contributed by atoms with Crippen molar-refractivity contribution < 1.29 is 14.9 Å². The zero-order valence-electron chi connectivity index (χ0n) is 8.92. The van der Waals surface area contributed by atoms with Gasteiger partial charge in [0.2, 0.25) is 0 Å². The monoisotopic (exact) mass is 384 g/mol. The fourth-order valence-corrected chi connectivity index (χ4v) is 2.98. The van der Waals surface area contributed by atoms with Gasteiger partial charge in [0, 0.05) is 12.3 Å². The standard InChI is InChI=1S/C9H10Br2N2O5/c10-9(11)6(16)4(3-14)18-7(9)13-2-1-5(15)12-8(13)17/h1-2,4,6-7,14,16H,3H2,(H,12,15,17)/t4-,6?,7+/m1/s1. The number of halogens is 2. The first-order valence-corrected chi connectivity index (χ1v) is 6.60. The van der Waals surface area contributed by atoms with E-state index >= 15 is 0 Å². The Labute approximate surface area is 118 Å². The van der Waals surface area contributed by atoms with Gasteiger partial charge in [0.15, 0.2) is 9.46 Å². The molecule has 7 nitrogen and oxygen atoms in total. The fraction of sp³-hybridized carbons (Fsp3) is 0.556. The molecule has 3 atom stereocenters. The summed E-state index contributed by atoms with van der Waals surface area (Å²) in [5.74, 6) is 0. The number of aromatic nitrogens is 2. The number of alkyl halides is 2. The third kappa shape index (κ3) is 2.21. The van der Waals surface area contributed by atoms with Crippen LogP contribution in [-0.4, -0.2) is 41.8 Å². The lowest BCUT2D eigenvalue weighted by Crippen LogP contribution is -2.40. The second-order valence-corrected chi connectivity index (χ2v) is 7.53. The molecule has 0 radical (unpaired) electrons. The van der Waals surface area contributed by atoms with Crippen LogP contribution in [0.15, 0.2) is 21.9 Å². The van der Waals surface area contributed by atoms with E-state index in [2.05, 4.69) is 36.8 Å². The minimum Gasteiger partial charge on any atom is -0.394 e. The Hall–Kier alpha value is -0.480. The van der Waals surface area contributed by atoms with Crippen molar-refractivity contribution in [1.29, 1.82) is 0 Å². The van der Waals surface area contributed by atoms with Crippen LogP contribution >= 0.6 is 31.9 Å². The first kappa shape index (κ1) is 13.9. The predicted molar refractivity (Wildman–Crippen MR) is 68.9 cm³/mol. The highest BCUT2D eigenvalue weighted by molar-refractivity contribution is 9.25. The molecule has 0 amide bonds. The third-order valence-corrected chi connectivity index (χ3v) is 4.38. The van der Waals surface area contributed by atoms with E-state index in [0.717, 1.165) is 4.57 Å². The van der Waals surface area contributed by atoms with E-state index in [1.807, 2.05) is 0 Å². The van der Waals surface area contributed by atoms with Crippen molar-refractivity contribution in [3.05, 3.63) is 33.1 Å². The van der Waals surface area contributed by atoms with Crippen LogP contribution in [0.1, 0.15) is 6.23 Å². The lowest BCUT2D eigenvalue weighted by atomic mass is 10.2. The molecular weight excluding hydrogens is 376 g/mol. The largest absolute Gasteiger partial charge is 0.394 e. The second-order valence-electron chi connectivity index (χ2n) is 3.85. The van der Waals surface area contributed by atoms with Crippen molar-refractivity contribution in [1.82, 2.24) is 9.55 Å². The zero-order chi connectivity index (χ0) is 13.5. The molecule has 18 heavy (non-hydrogen) atoms. The molecule has 0 bridgehead atoms. The molecular formula is C9H10Br2N2O5. The molecule has 1 saturated heterocycles. The van der Waals surface area contributed by atoms with Gasteiger partial charge in [0.1, 0.15) is 12.2 Å². The van der Waals surface area contributed by atoms with E-state index in [1.54, 1.807) is 0 Å². The summed E-state index contributed by atoms with van der Waals surface area (Å²) in [7, 11) is 0. The van der Waals surface area contributed by atoms with Gasteiger partial charge in [0.05, 0.1) is 6.61 Å². The van der Waals surface area contributed by atoms with Gasteiger partial charge in [-0.3, -0.25) is 14.3 Å². The summed E-state index contributed by atoms with van der Waals surface area (Å²) >= 11 is 6.45. The highest BCUT2D eigenvalue weighted by atomic mass is 79.9. The van der Waals surface area contributed by atoms with Crippen molar-refractivity contribution in [3.8, 4) is 0 Å². The number of aliphatic hydroxyl groups excluding tert-OH is 2. The average Bonchev–Trinajstić information content (AvgIpc) is 2.52. The van der Waals surface area contributed by atoms with E-state index in [0.29, 0.717) is 0 Å². The maximum atomic E-state index is 11.7. The van der Waals surface area contributed by atoms with Crippen molar-refractivity contribution in [3.63, 3.8) is 0 Å². The Kier molecular flexibility index (Phi) is 3.79. The van der Waals surface area contributed by atoms with Gasteiger partial charge in [-0.15, -0.1) is 0 Å². The van der Waals surface area contributed by atoms with Gasteiger partial charge >= 0.3 is 5.69 Å². The van der Waals surface area contributed by atoms with Crippen LogP contribution in [0.4, 0.5) is 0 Å². The van der Waals surface area contributed by atoms with Crippen LogP contribution in [0.3, 0.4) is 0 Å². The Morgan fingerprint density at radius 1 is 1.50 bits per heavy atom. The number of hydrogen-bond donors (Lipinski definition) is 3. The normalized spacial score (nSPS) is 30.6. The van der Waals surface area contributed by atoms with Crippen LogP contribution in [0.25, 0.3) is 0 Å². The first-order valence-electron chi connectivity index (χ1n) is 5.01. The lowest BCUT2D eigenvalue weighted by Gasteiger charge is -2.24. The SMILES string of the molecule is O=c1ccn([C@H]2O[C@H](CO)C(O)C2(Br)Br)c(=O)[nH]1. The Morgan fingerprint density at radius 3 is 2.67 bits per heavy atom. The molecule has 2 rings (SSSR count). The van der Waals surface area contributed by atoms with E-state index in [1.165, 1.54) is 12.3 Å². The van der Waals surface area contributed by atoms with E-state index in [9.17, 15) is 14.7 Å². The summed E-state index contributed by atoms with van der Waals surface area (Å²) in [5, 5.41) is 19.0. The molecule has 2 heterocycles. The number of nitrogens with zero attached hydrogens (tertiary/aromatic N) is 1. The Morgan fingerprint density at radius 2 is 2.17 bits per heavy atom. The van der Waals surface area contributed by atoms with Crippen LogP contribution in [-0.2, 0) is 4.74 Å². The molecule has 3 N–H and O–H groups in total. The highest BCUT2D eigenvalue weighted by Crippen LogP contribution is 2.48. The molecule has 1 aromatic rings. The molecule has 0 aliphatic carbocycles. The maximum Gasteiger partial charge on any atom is 0.330 e. The lowest BCUT2D eigenvalue weighted by molar-refractivity contribution is -0.0459. The second kappa shape index (κ2) is 4.89. The van der Waals surface area contributed by atoms with Gasteiger partial charge in [0.25, 0.3) is 5.56 Å². The summed E-state index contributed by atoms with van der Waals surface area (Å²) < 4.78 is 5.38. The number of rotatable bonds is 2. The van der Waals surface area contributed by atoms with Crippen LogP contribution in [0.5, 0.6) is 0 Å². The Bertz CT molecular complexity index is 554. The third-order valence-electron chi connectivity index (χ3n) is 2.66. The van der Waals surface area contributed by atoms with Crippen molar-refractivity contribution >= 4 is 31.9 Å². The smallest absolute Gasteiger partial charge is 0.330 e. The molecule has 100 valence electrons. The topological polar surface area (TPSA) is 105 Å². The molecule has 1 aliphatic rings. The number of ether oxygens (including phenoxy) is 1. The van der Waals surface area contributed by atoms with Crippen molar-refractivity contribution in [2.45, 2.75) is 21.7 Å². The van der Waals surface area contributed by atoms with E-state index in [-0.39, 0.29) is 0 Å². The quantitative estimate of drug-likeness (QED) is 0.582. The molecule has 0 saturated carbocycles. The number of H-pyrrole nitrogens is 1. The van der Waals surface area contributed by atoms with Crippen LogP contribution in [0, 0.1) is 0 Å². The average molecular weight is 386 g/mol. The molecule has 1 unspecified atom stereocenters. The summed E-state index contributed by atoms with van der Waals surface area (Å²) in [6.07, 6.45) is -1.55. The minimum atomic E-state index is -1.13. The highest BCUT2D eigenvalue weighted by Gasteiger charge is 2.54. The van der Waals surface area contributed by atoms with Gasteiger partial charge in [-0.1, -0.05) is 31.9 Å². The number of aromatic amines is 1. The number of hydrogen-bond acceptors (Lipinski definition) is 5. The van der Waals surface area contributed by atoms with Gasteiger partial charge in [-0.2, -0.15) is 0 Å². The summed E-state index contributed by atoms with van der Waals surface area (Å²) in [4.78, 5) is 24.7. The molecule has 1 aromatic heterocycles.